The van der Waals surface area contributed by atoms with Gasteiger partial charge in [-0.05, 0) is 69.9 Å². The molecule has 0 fully saturated rings. The Hall–Kier alpha value is -2.73. The first-order valence-corrected chi connectivity index (χ1v) is 10.7. The molecule has 0 spiro atoms. The van der Waals surface area contributed by atoms with E-state index in [1.807, 2.05) is 26.0 Å². The third-order valence-electron chi connectivity index (χ3n) is 5.57. The molecule has 1 atom stereocenters. The summed E-state index contributed by atoms with van der Waals surface area (Å²) in [6.07, 6.45) is 3.90. The van der Waals surface area contributed by atoms with E-state index >= 15 is 0 Å². The molecule has 150 valence electrons. The summed E-state index contributed by atoms with van der Waals surface area (Å²) in [5, 5.41) is 6.30. The standard InChI is InChI=1S/C23H25N3O2S/c1-12-8-9-24-19(10-12)26-23(28)20-14(3)25-17-6-5-7-18(27)22(17)21(20)16-11-13(2)29-15(16)4/h8-11,21,25H,5-7H2,1-4H3,(H,24,26,28)/t21-/m1/s1. The van der Waals surface area contributed by atoms with Crippen molar-refractivity contribution in [2.45, 2.75) is 52.9 Å². The predicted octanol–water partition coefficient (Wildman–Crippen LogP) is 4.67. The first kappa shape index (κ1) is 19.6. The lowest BCUT2D eigenvalue weighted by Gasteiger charge is -2.34. The molecule has 3 heterocycles. The Bertz CT molecular complexity index is 1080. The zero-order chi connectivity index (χ0) is 20.7. The number of nitrogens with one attached hydrogen (secondary N) is 2. The molecule has 0 aromatic carbocycles. The maximum atomic E-state index is 13.4. The van der Waals surface area contributed by atoms with Gasteiger partial charge in [-0.2, -0.15) is 0 Å². The highest BCUT2D eigenvalue weighted by atomic mass is 32.1. The molecular formula is C23H25N3O2S. The number of carbonyl (C=O) groups is 2. The van der Waals surface area contributed by atoms with Crippen molar-refractivity contribution in [3.05, 3.63) is 67.8 Å². The van der Waals surface area contributed by atoms with Crippen molar-refractivity contribution in [1.82, 2.24) is 10.3 Å². The summed E-state index contributed by atoms with van der Waals surface area (Å²) in [6.45, 7) is 8.01. The average Bonchev–Trinajstić information content (AvgIpc) is 2.98. The van der Waals surface area contributed by atoms with Gasteiger partial charge >= 0.3 is 0 Å². The van der Waals surface area contributed by atoms with Gasteiger partial charge in [0, 0.05) is 50.8 Å². The Morgan fingerprint density at radius 2 is 2.00 bits per heavy atom. The Kier molecular flexibility index (Phi) is 5.13. The van der Waals surface area contributed by atoms with Crippen molar-refractivity contribution < 1.29 is 9.59 Å². The minimum Gasteiger partial charge on any atom is -0.362 e. The van der Waals surface area contributed by atoms with Crippen LogP contribution in [0.1, 0.15) is 53.0 Å². The minimum absolute atomic E-state index is 0.137. The zero-order valence-corrected chi connectivity index (χ0v) is 18.0. The van der Waals surface area contributed by atoms with E-state index in [1.54, 1.807) is 17.5 Å². The Morgan fingerprint density at radius 3 is 2.69 bits per heavy atom. The molecule has 0 bridgehead atoms. The van der Waals surface area contributed by atoms with Crippen LogP contribution in [0, 0.1) is 20.8 Å². The molecule has 1 aliphatic heterocycles. The highest BCUT2D eigenvalue weighted by molar-refractivity contribution is 7.12. The molecule has 1 amide bonds. The quantitative estimate of drug-likeness (QED) is 0.775. The van der Waals surface area contributed by atoms with Gasteiger partial charge < -0.3 is 10.6 Å². The summed E-state index contributed by atoms with van der Waals surface area (Å²) in [5.41, 5.74) is 5.21. The van der Waals surface area contributed by atoms with E-state index in [0.717, 1.165) is 45.8 Å². The SMILES string of the molecule is CC1=C(C(=O)Nc2cc(C)ccn2)[C@@H](c2cc(C)sc2C)C2=C(CCCC2=O)N1. The Morgan fingerprint density at radius 1 is 1.21 bits per heavy atom. The molecule has 2 aliphatic rings. The molecule has 4 rings (SSSR count). The fraction of sp³-hybridized carbons (Fsp3) is 0.348. The summed E-state index contributed by atoms with van der Waals surface area (Å²) >= 11 is 1.70. The van der Waals surface area contributed by atoms with Gasteiger partial charge in [-0.3, -0.25) is 9.59 Å². The van der Waals surface area contributed by atoms with Crippen LogP contribution in [0.3, 0.4) is 0 Å². The smallest absolute Gasteiger partial charge is 0.255 e. The van der Waals surface area contributed by atoms with Gasteiger partial charge in [0.1, 0.15) is 5.82 Å². The number of nitrogens with zero attached hydrogens (tertiary/aromatic N) is 1. The summed E-state index contributed by atoms with van der Waals surface area (Å²) in [7, 11) is 0. The van der Waals surface area contributed by atoms with Crippen LogP contribution in [0.25, 0.3) is 0 Å². The van der Waals surface area contributed by atoms with Crippen LogP contribution < -0.4 is 10.6 Å². The second kappa shape index (κ2) is 7.59. The number of allylic oxidation sites excluding steroid dienone is 3. The molecular weight excluding hydrogens is 382 g/mol. The third-order valence-corrected chi connectivity index (χ3v) is 6.55. The van der Waals surface area contributed by atoms with E-state index in [1.165, 1.54) is 4.88 Å². The van der Waals surface area contributed by atoms with E-state index in [9.17, 15) is 9.59 Å². The number of pyridine rings is 1. The molecule has 1 aliphatic carbocycles. The lowest BCUT2D eigenvalue weighted by atomic mass is 9.75. The largest absolute Gasteiger partial charge is 0.362 e. The van der Waals surface area contributed by atoms with Gasteiger partial charge in [0.25, 0.3) is 5.91 Å². The van der Waals surface area contributed by atoms with Crippen molar-refractivity contribution in [2.75, 3.05) is 5.32 Å². The molecule has 0 unspecified atom stereocenters. The first-order valence-electron chi connectivity index (χ1n) is 9.90. The summed E-state index contributed by atoms with van der Waals surface area (Å²) in [6, 6.07) is 5.85. The van der Waals surface area contributed by atoms with Crippen LogP contribution in [-0.4, -0.2) is 16.7 Å². The van der Waals surface area contributed by atoms with Crippen LogP contribution in [0.5, 0.6) is 0 Å². The maximum Gasteiger partial charge on any atom is 0.255 e. The van der Waals surface area contributed by atoms with Gasteiger partial charge in [-0.1, -0.05) is 0 Å². The lowest BCUT2D eigenvalue weighted by molar-refractivity contribution is -0.116. The molecule has 0 radical (unpaired) electrons. The normalized spacial score (nSPS) is 19.2. The van der Waals surface area contributed by atoms with Gasteiger partial charge in [-0.15, -0.1) is 11.3 Å². The van der Waals surface area contributed by atoms with Crippen LogP contribution >= 0.6 is 11.3 Å². The number of anilines is 1. The molecule has 2 aromatic rings. The fourth-order valence-corrected chi connectivity index (χ4v) is 5.28. The predicted molar refractivity (Wildman–Crippen MR) is 116 cm³/mol. The fourth-order valence-electron chi connectivity index (χ4n) is 4.32. The van der Waals surface area contributed by atoms with Crippen LogP contribution in [-0.2, 0) is 9.59 Å². The summed E-state index contributed by atoms with van der Waals surface area (Å²) in [4.78, 5) is 32.9. The monoisotopic (exact) mass is 407 g/mol. The van der Waals surface area contributed by atoms with Crippen molar-refractivity contribution in [2.24, 2.45) is 0 Å². The van der Waals surface area contributed by atoms with E-state index in [0.29, 0.717) is 17.8 Å². The van der Waals surface area contributed by atoms with E-state index in [2.05, 4.69) is 35.5 Å². The number of Topliss-reactive ketones (excluding diaryl/α,β-unsaturated/α-hetero) is 1. The van der Waals surface area contributed by atoms with Gasteiger partial charge in [0.05, 0.1) is 0 Å². The van der Waals surface area contributed by atoms with E-state index in [4.69, 9.17) is 0 Å². The maximum absolute atomic E-state index is 13.4. The molecule has 6 heteroatoms. The van der Waals surface area contributed by atoms with Crippen molar-refractivity contribution in [3.63, 3.8) is 0 Å². The highest BCUT2D eigenvalue weighted by Crippen LogP contribution is 2.44. The van der Waals surface area contributed by atoms with Crippen molar-refractivity contribution in [1.29, 1.82) is 0 Å². The molecule has 0 saturated carbocycles. The van der Waals surface area contributed by atoms with Gasteiger partial charge in [0.15, 0.2) is 5.78 Å². The number of amides is 1. The molecule has 5 nitrogen and oxygen atoms in total. The molecule has 0 saturated heterocycles. The lowest BCUT2D eigenvalue weighted by Crippen LogP contribution is -2.35. The molecule has 2 N–H and O–H groups in total. The number of aryl methyl sites for hydroxylation is 3. The van der Waals surface area contributed by atoms with Crippen LogP contribution in [0.15, 0.2) is 46.9 Å². The summed E-state index contributed by atoms with van der Waals surface area (Å²) in [5.74, 6) is 0.0978. The van der Waals surface area contributed by atoms with Crippen molar-refractivity contribution in [3.8, 4) is 0 Å². The second-order valence-corrected chi connectivity index (χ2v) is 9.27. The minimum atomic E-state index is -0.339. The zero-order valence-electron chi connectivity index (χ0n) is 17.2. The third kappa shape index (κ3) is 3.65. The number of thiophene rings is 1. The van der Waals surface area contributed by atoms with E-state index < -0.39 is 0 Å². The number of hydrogen-bond donors (Lipinski definition) is 2. The molecule has 2 aromatic heterocycles. The van der Waals surface area contributed by atoms with E-state index in [-0.39, 0.29) is 17.6 Å². The average molecular weight is 408 g/mol. The Labute approximate surface area is 174 Å². The van der Waals surface area contributed by atoms with Crippen LogP contribution in [0.4, 0.5) is 5.82 Å². The number of carbonyl (C=O) groups excluding carboxylic acids is 2. The number of rotatable bonds is 3. The first-order chi connectivity index (χ1) is 13.8. The van der Waals surface area contributed by atoms with Crippen molar-refractivity contribution >= 4 is 28.8 Å². The number of ketones is 1. The van der Waals surface area contributed by atoms with Crippen LogP contribution in [0.2, 0.25) is 0 Å². The summed E-state index contributed by atoms with van der Waals surface area (Å²) < 4.78 is 0. The number of aromatic nitrogens is 1. The second-order valence-electron chi connectivity index (χ2n) is 7.81. The highest BCUT2D eigenvalue weighted by Gasteiger charge is 2.39. The Balaban J connectivity index is 1.81. The topological polar surface area (TPSA) is 71.1 Å². The molecule has 29 heavy (non-hydrogen) atoms. The van der Waals surface area contributed by atoms with Gasteiger partial charge in [0.2, 0.25) is 0 Å². The van der Waals surface area contributed by atoms with Gasteiger partial charge in [-0.25, -0.2) is 4.98 Å². The number of hydrogen-bond acceptors (Lipinski definition) is 5. The number of dihydropyridines is 1.